The lowest BCUT2D eigenvalue weighted by Gasteiger charge is -2.03. The second kappa shape index (κ2) is 4.65. The average Bonchev–Trinajstić information content (AvgIpc) is 2.77. The van der Waals surface area contributed by atoms with Crippen LogP contribution in [0.25, 0.3) is 0 Å². The van der Waals surface area contributed by atoms with Gasteiger partial charge in [0, 0.05) is 0 Å². The van der Waals surface area contributed by atoms with Crippen molar-refractivity contribution in [1.82, 2.24) is 4.98 Å². The molecule has 0 saturated carbocycles. The Bertz CT molecular complexity index is 538. The third-order valence-electron chi connectivity index (χ3n) is 1.96. The molecule has 0 fully saturated rings. The lowest BCUT2D eigenvalue weighted by molar-refractivity contribution is 0.0690. The topological polar surface area (TPSA) is 72.6 Å². The predicted molar refractivity (Wildman–Crippen MR) is 54.2 cm³/mol. The summed E-state index contributed by atoms with van der Waals surface area (Å²) in [5.74, 6) is -1.56. The molecule has 1 heterocycles. The molecule has 0 atom stereocenters. The fourth-order valence-corrected chi connectivity index (χ4v) is 1.18. The molecule has 1 aromatic heterocycles. The predicted octanol–water partition coefficient (Wildman–Crippen LogP) is 2.09. The van der Waals surface area contributed by atoms with Crippen LogP contribution in [0.4, 0.5) is 4.39 Å². The number of rotatable bonds is 4. The highest BCUT2D eigenvalue weighted by atomic mass is 19.1. The van der Waals surface area contributed by atoms with Crippen molar-refractivity contribution in [3.05, 3.63) is 47.9 Å². The molecule has 1 N–H and O–H groups in total. The van der Waals surface area contributed by atoms with Crippen LogP contribution in [-0.4, -0.2) is 16.1 Å². The van der Waals surface area contributed by atoms with E-state index in [9.17, 15) is 9.18 Å². The quantitative estimate of drug-likeness (QED) is 0.881. The minimum atomic E-state index is -1.19. The van der Waals surface area contributed by atoms with Crippen LogP contribution in [0.5, 0.6) is 5.75 Å². The molecule has 0 unspecified atom stereocenters. The lowest BCUT2D eigenvalue weighted by atomic mass is 10.3. The highest BCUT2D eigenvalue weighted by Crippen LogP contribution is 2.16. The molecule has 2 aromatic rings. The van der Waals surface area contributed by atoms with E-state index in [2.05, 4.69) is 4.98 Å². The molecule has 6 heteroatoms. The number of hydrogen-bond donors (Lipinski definition) is 1. The van der Waals surface area contributed by atoms with E-state index < -0.39 is 11.8 Å². The zero-order chi connectivity index (χ0) is 12.3. The Hall–Kier alpha value is -2.37. The number of benzene rings is 1. The Kier molecular flexibility index (Phi) is 3.04. The van der Waals surface area contributed by atoms with Crippen molar-refractivity contribution in [2.45, 2.75) is 6.61 Å². The molecule has 1 aromatic carbocycles. The van der Waals surface area contributed by atoms with Gasteiger partial charge in [-0.15, -0.1) is 0 Å². The van der Waals surface area contributed by atoms with Crippen LogP contribution in [-0.2, 0) is 6.61 Å². The average molecular weight is 237 g/mol. The summed E-state index contributed by atoms with van der Waals surface area (Å²) in [6.45, 7) is -0.131. The van der Waals surface area contributed by atoms with Crippen molar-refractivity contribution in [1.29, 1.82) is 0 Å². The third-order valence-corrected chi connectivity index (χ3v) is 1.96. The van der Waals surface area contributed by atoms with Gasteiger partial charge in [0.2, 0.25) is 5.89 Å². The van der Waals surface area contributed by atoms with Crippen LogP contribution >= 0.6 is 0 Å². The van der Waals surface area contributed by atoms with Crippen LogP contribution in [0.15, 0.2) is 34.9 Å². The molecule has 2 rings (SSSR count). The summed E-state index contributed by atoms with van der Waals surface area (Å²) in [6.07, 6.45) is 1.00. The van der Waals surface area contributed by atoms with Crippen LogP contribution in [0.1, 0.15) is 16.4 Å². The largest absolute Gasteiger partial charge is 0.481 e. The van der Waals surface area contributed by atoms with Gasteiger partial charge >= 0.3 is 5.97 Å². The monoisotopic (exact) mass is 237 g/mol. The summed E-state index contributed by atoms with van der Waals surface area (Å²) in [7, 11) is 0. The van der Waals surface area contributed by atoms with Crippen LogP contribution < -0.4 is 4.74 Å². The van der Waals surface area contributed by atoms with Gasteiger partial charge in [0.1, 0.15) is 6.26 Å². The van der Waals surface area contributed by atoms with Gasteiger partial charge in [-0.25, -0.2) is 14.2 Å². The van der Waals surface area contributed by atoms with E-state index in [0.717, 1.165) is 6.26 Å². The summed E-state index contributed by atoms with van der Waals surface area (Å²) in [6, 6.07) is 5.87. The van der Waals surface area contributed by atoms with Gasteiger partial charge in [0.25, 0.3) is 0 Å². The number of carboxylic acid groups (broad SMARTS) is 1. The van der Waals surface area contributed by atoms with E-state index in [4.69, 9.17) is 14.3 Å². The van der Waals surface area contributed by atoms with Gasteiger partial charge in [-0.2, -0.15) is 0 Å². The molecule has 88 valence electrons. The van der Waals surface area contributed by atoms with Gasteiger partial charge in [-0.3, -0.25) is 0 Å². The molecule has 0 aliphatic heterocycles. The highest BCUT2D eigenvalue weighted by Gasteiger charge is 2.11. The van der Waals surface area contributed by atoms with Crippen LogP contribution in [0, 0.1) is 5.82 Å². The maximum atomic E-state index is 13.2. The second-order valence-electron chi connectivity index (χ2n) is 3.15. The molecule has 17 heavy (non-hydrogen) atoms. The first-order valence-corrected chi connectivity index (χ1v) is 4.72. The number of ether oxygens (including phenoxy) is 1. The minimum Gasteiger partial charge on any atom is -0.481 e. The van der Waals surface area contributed by atoms with E-state index in [1.54, 1.807) is 6.07 Å². The summed E-state index contributed by atoms with van der Waals surface area (Å²) in [5.41, 5.74) is -0.211. The lowest BCUT2D eigenvalue weighted by Crippen LogP contribution is -2.00. The first kappa shape index (κ1) is 11.1. The number of carboxylic acids is 1. The fourth-order valence-electron chi connectivity index (χ4n) is 1.18. The van der Waals surface area contributed by atoms with E-state index in [-0.39, 0.29) is 23.9 Å². The van der Waals surface area contributed by atoms with Crippen molar-refractivity contribution in [2.75, 3.05) is 0 Å². The molecule has 0 bridgehead atoms. The molecule has 0 amide bonds. The van der Waals surface area contributed by atoms with Gasteiger partial charge in [0.15, 0.2) is 23.9 Å². The summed E-state index contributed by atoms with van der Waals surface area (Å²) < 4.78 is 23.1. The van der Waals surface area contributed by atoms with E-state index >= 15 is 0 Å². The number of para-hydroxylation sites is 1. The number of carbonyl (C=O) groups is 1. The Morgan fingerprint density at radius 2 is 2.24 bits per heavy atom. The number of aromatic nitrogens is 1. The zero-order valence-corrected chi connectivity index (χ0v) is 8.59. The first-order chi connectivity index (χ1) is 8.16. The van der Waals surface area contributed by atoms with Crippen molar-refractivity contribution in [3.63, 3.8) is 0 Å². The number of aromatic carboxylic acids is 1. The Labute approximate surface area is 95.5 Å². The highest BCUT2D eigenvalue weighted by molar-refractivity contribution is 5.84. The molecule has 5 nitrogen and oxygen atoms in total. The maximum Gasteiger partial charge on any atom is 0.357 e. The Morgan fingerprint density at radius 1 is 1.47 bits per heavy atom. The molecule has 0 radical (unpaired) electrons. The van der Waals surface area contributed by atoms with Gasteiger partial charge < -0.3 is 14.3 Å². The summed E-state index contributed by atoms with van der Waals surface area (Å²) >= 11 is 0. The smallest absolute Gasteiger partial charge is 0.357 e. The minimum absolute atomic E-state index is 0.0579. The number of hydrogen-bond acceptors (Lipinski definition) is 4. The van der Waals surface area contributed by atoms with Crippen LogP contribution in [0.2, 0.25) is 0 Å². The number of nitrogens with zero attached hydrogens (tertiary/aromatic N) is 1. The van der Waals surface area contributed by atoms with Crippen molar-refractivity contribution < 1.29 is 23.4 Å². The number of halogens is 1. The summed E-state index contributed by atoms with van der Waals surface area (Å²) in [4.78, 5) is 14.2. The normalized spacial score (nSPS) is 10.2. The first-order valence-electron chi connectivity index (χ1n) is 4.72. The fraction of sp³-hybridized carbons (Fsp3) is 0.0909. The van der Waals surface area contributed by atoms with E-state index in [1.807, 2.05) is 0 Å². The van der Waals surface area contributed by atoms with E-state index in [0.29, 0.717) is 0 Å². The maximum absolute atomic E-state index is 13.2. The molecule has 0 spiro atoms. The second-order valence-corrected chi connectivity index (χ2v) is 3.15. The van der Waals surface area contributed by atoms with Crippen molar-refractivity contribution >= 4 is 5.97 Å². The molecule has 0 saturated heterocycles. The molecule has 0 aliphatic carbocycles. The summed E-state index contributed by atoms with van der Waals surface area (Å²) in [5, 5.41) is 8.60. The Balaban J connectivity index is 2.02. The number of oxazole rings is 1. The van der Waals surface area contributed by atoms with Gasteiger partial charge in [-0.05, 0) is 12.1 Å². The molecule has 0 aliphatic rings. The standard InChI is InChI=1S/C11H8FNO4/c12-7-3-1-2-4-9(7)16-6-10-13-8(5-17-10)11(14)15/h1-5H,6H2,(H,14,15). The zero-order valence-electron chi connectivity index (χ0n) is 8.59. The van der Waals surface area contributed by atoms with Gasteiger partial charge in [0.05, 0.1) is 0 Å². The molecular formula is C11H8FNO4. The molecular weight excluding hydrogens is 229 g/mol. The van der Waals surface area contributed by atoms with E-state index in [1.165, 1.54) is 18.2 Å². The SMILES string of the molecule is O=C(O)c1coc(COc2ccccc2F)n1. The van der Waals surface area contributed by atoms with Crippen molar-refractivity contribution in [2.24, 2.45) is 0 Å². The van der Waals surface area contributed by atoms with Gasteiger partial charge in [-0.1, -0.05) is 12.1 Å². The van der Waals surface area contributed by atoms with Crippen LogP contribution in [0.3, 0.4) is 0 Å². The third kappa shape index (κ3) is 2.60. The Morgan fingerprint density at radius 3 is 2.88 bits per heavy atom. The van der Waals surface area contributed by atoms with Crippen molar-refractivity contribution in [3.8, 4) is 5.75 Å².